The quantitative estimate of drug-likeness (QED) is 0.647. The Hall–Kier alpha value is -2.74. The fourth-order valence-electron chi connectivity index (χ4n) is 4.16. The van der Waals surface area contributed by atoms with Crippen LogP contribution in [0.25, 0.3) is 0 Å². The topological polar surface area (TPSA) is 40.5 Å². The SMILES string of the molecule is CCc1cc(C)cc(C(c2cc(C)cc(CC)c2O)C2C=CC=CC=C2)c1O. The normalized spacial score (nSPS) is 14.0. The standard InChI is InChI=1S/C26H30O2/c1-5-19-13-17(3)15-22(25(19)27)24(21-11-9-7-8-10-12-21)23-16-18(4)14-20(6-2)26(23)28/h7-16,21,24,27-28H,5-6H2,1-4H3. The summed E-state index contributed by atoms with van der Waals surface area (Å²) in [5.74, 6) is 0.555. The van der Waals surface area contributed by atoms with E-state index in [1.54, 1.807) is 0 Å². The summed E-state index contributed by atoms with van der Waals surface area (Å²) in [5.41, 5.74) is 5.89. The molecular formula is C26H30O2. The number of benzene rings is 2. The summed E-state index contributed by atoms with van der Waals surface area (Å²) in [5, 5.41) is 22.2. The molecule has 28 heavy (non-hydrogen) atoms. The molecule has 1 aliphatic carbocycles. The lowest BCUT2D eigenvalue weighted by Crippen LogP contribution is -2.13. The number of allylic oxidation sites excluding steroid dienone is 6. The van der Waals surface area contributed by atoms with Crippen LogP contribution in [0.2, 0.25) is 0 Å². The molecule has 2 aromatic rings. The van der Waals surface area contributed by atoms with Crippen LogP contribution in [0.3, 0.4) is 0 Å². The zero-order valence-electron chi connectivity index (χ0n) is 17.2. The Morgan fingerprint density at radius 3 is 1.54 bits per heavy atom. The maximum absolute atomic E-state index is 11.1. The molecule has 0 saturated carbocycles. The summed E-state index contributed by atoms with van der Waals surface area (Å²) in [6.07, 6.45) is 13.9. The largest absolute Gasteiger partial charge is 0.507 e. The Kier molecular flexibility index (Phi) is 6.08. The Labute approximate surface area is 168 Å². The van der Waals surface area contributed by atoms with Gasteiger partial charge in [-0.25, -0.2) is 0 Å². The lowest BCUT2D eigenvalue weighted by molar-refractivity contribution is 0.441. The summed E-state index contributed by atoms with van der Waals surface area (Å²) in [6, 6.07) is 8.21. The van der Waals surface area contributed by atoms with Gasteiger partial charge in [0.25, 0.3) is 0 Å². The summed E-state index contributed by atoms with van der Waals surface area (Å²) < 4.78 is 0. The molecule has 0 spiro atoms. The Bertz CT molecular complexity index is 872. The first-order valence-electron chi connectivity index (χ1n) is 10.1. The van der Waals surface area contributed by atoms with E-state index in [1.807, 2.05) is 36.4 Å². The molecule has 0 atom stereocenters. The van der Waals surface area contributed by atoms with Crippen molar-refractivity contribution in [2.24, 2.45) is 5.92 Å². The highest BCUT2D eigenvalue weighted by atomic mass is 16.3. The van der Waals surface area contributed by atoms with E-state index in [4.69, 9.17) is 0 Å². The van der Waals surface area contributed by atoms with Gasteiger partial charge in [-0.3, -0.25) is 0 Å². The van der Waals surface area contributed by atoms with E-state index >= 15 is 0 Å². The molecule has 0 aromatic heterocycles. The second-order valence-corrected chi connectivity index (χ2v) is 7.64. The zero-order chi connectivity index (χ0) is 20.3. The average molecular weight is 375 g/mol. The highest BCUT2D eigenvalue weighted by molar-refractivity contribution is 5.55. The van der Waals surface area contributed by atoms with Crippen molar-refractivity contribution in [3.8, 4) is 11.5 Å². The van der Waals surface area contributed by atoms with Crippen molar-refractivity contribution in [2.45, 2.75) is 46.5 Å². The maximum Gasteiger partial charge on any atom is 0.122 e. The summed E-state index contributed by atoms with van der Waals surface area (Å²) in [7, 11) is 0. The van der Waals surface area contributed by atoms with Gasteiger partial charge in [-0.05, 0) is 37.8 Å². The van der Waals surface area contributed by atoms with E-state index in [-0.39, 0.29) is 11.8 Å². The van der Waals surface area contributed by atoms with Crippen molar-refractivity contribution in [3.63, 3.8) is 0 Å². The van der Waals surface area contributed by atoms with Gasteiger partial charge in [-0.2, -0.15) is 0 Å². The predicted octanol–water partition coefficient (Wildman–Crippen LogP) is 6.27. The Morgan fingerprint density at radius 2 is 1.14 bits per heavy atom. The fourth-order valence-corrected chi connectivity index (χ4v) is 4.16. The van der Waals surface area contributed by atoms with Crippen molar-refractivity contribution in [1.29, 1.82) is 0 Å². The van der Waals surface area contributed by atoms with Crippen LogP contribution in [-0.4, -0.2) is 10.2 Å². The van der Waals surface area contributed by atoms with Crippen LogP contribution in [0.4, 0.5) is 0 Å². The van der Waals surface area contributed by atoms with Crippen molar-refractivity contribution in [1.82, 2.24) is 0 Å². The van der Waals surface area contributed by atoms with E-state index in [1.165, 1.54) is 0 Å². The molecule has 0 fully saturated rings. The van der Waals surface area contributed by atoms with Crippen LogP contribution < -0.4 is 0 Å². The highest BCUT2D eigenvalue weighted by Crippen LogP contribution is 2.45. The summed E-state index contributed by atoms with van der Waals surface area (Å²) >= 11 is 0. The van der Waals surface area contributed by atoms with Gasteiger partial charge >= 0.3 is 0 Å². The average Bonchev–Trinajstić information content (AvgIpc) is 2.96. The second-order valence-electron chi connectivity index (χ2n) is 7.64. The highest BCUT2D eigenvalue weighted by Gasteiger charge is 2.29. The Morgan fingerprint density at radius 1 is 0.714 bits per heavy atom. The van der Waals surface area contributed by atoms with Gasteiger partial charge in [0, 0.05) is 23.0 Å². The van der Waals surface area contributed by atoms with Crippen LogP contribution >= 0.6 is 0 Å². The second kappa shape index (κ2) is 8.52. The number of phenolic OH excluding ortho intramolecular Hbond substituents is 2. The van der Waals surface area contributed by atoms with Gasteiger partial charge < -0.3 is 10.2 Å². The van der Waals surface area contributed by atoms with Gasteiger partial charge in [0.1, 0.15) is 11.5 Å². The molecule has 0 aliphatic heterocycles. The fraction of sp³-hybridized carbons (Fsp3) is 0.308. The Balaban J connectivity index is 2.29. The lowest BCUT2D eigenvalue weighted by atomic mass is 9.77. The van der Waals surface area contributed by atoms with Crippen LogP contribution in [0.5, 0.6) is 11.5 Å². The van der Waals surface area contributed by atoms with Crippen LogP contribution in [0.15, 0.2) is 60.7 Å². The number of hydrogen-bond donors (Lipinski definition) is 2. The first-order valence-corrected chi connectivity index (χ1v) is 10.1. The molecule has 146 valence electrons. The van der Waals surface area contributed by atoms with Gasteiger partial charge in [0.2, 0.25) is 0 Å². The first kappa shape index (κ1) is 20.0. The van der Waals surface area contributed by atoms with E-state index in [0.717, 1.165) is 46.2 Å². The third kappa shape index (κ3) is 3.91. The van der Waals surface area contributed by atoms with Crippen LogP contribution in [0, 0.1) is 19.8 Å². The molecule has 2 heteroatoms. The number of aryl methyl sites for hydroxylation is 4. The van der Waals surface area contributed by atoms with E-state index in [9.17, 15) is 10.2 Å². The maximum atomic E-state index is 11.1. The molecule has 0 radical (unpaired) electrons. The van der Waals surface area contributed by atoms with Crippen LogP contribution in [0.1, 0.15) is 53.1 Å². The molecule has 2 N–H and O–H groups in total. The minimum atomic E-state index is -0.164. The van der Waals surface area contributed by atoms with Crippen molar-refractivity contribution in [3.05, 3.63) is 94.1 Å². The van der Waals surface area contributed by atoms with Crippen molar-refractivity contribution < 1.29 is 10.2 Å². The van der Waals surface area contributed by atoms with Crippen molar-refractivity contribution in [2.75, 3.05) is 0 Å². The zero-order valence-corrected chi connectivity index (χ0v) is 17.2. The number of phenols is 2. The van der Waals surface area contributed by atoms with E-state index < -0.39 is 0 Å². The minimum absolute atomic E-state index is 0.0322. The summed E-state index contributed by atoms with van der Waals surface area (Å²) in [6.45, 7) is 8.24. The van der Waals surface area contributed by atoms with Gasteiger partial charge in [-0.15, -0.1) is 0 Å². The number of rotatable bonds is 5. The molecular weight excluding hydrogens is 344 g/mol. The third-order valence-corrected chi connectivity index (χ3v) is 5.54. The van der Waals surface area contributed by atoms with Gasteiger partial charge in [0.05, 0.1) is 0 Å². The first-order chi connectivity index (χ1) is 13.5. The van der Waals surface area contributed by atoms with Gasteiger partial charge in [-0.1, -0.05) is 85.7 Å². The lowest BCUT2D eigenvalue weighted by Gasteiger charge is -2.27. The smallest absolute Gasteiger partial charge is 0.122 e. The molecule has 0 unspecified atom stereocenters. The molecule has 1 aliphatic rings. The van der Waals surface area contributed by atoms with Crippen LogP contribution in [-0.2, 0) is 12.8 Å². The molecule has 0 amide bonds. The third-order valence-electron chi connectivity index (χ3n) is 5.54. The minimum Gasteiger partial charge on any atom is -0.507 e. The molecule has 0 heterocycles. The molecule has 0 saturated heterocycles. The predicted molar refractivity (Wildman–Crippen MR) is 117 cm³/mol. The monoisotopic (exact) mass is 374 g/mol. The summed E-state index contributed by atoms with van der Waals surface area (Å²) in [4.78, 5) is 0. The van der Waals surface area contributed by atoms with Gasteiger partial charge in [0.15, 0.2) is 0 Å². The number of hydrogen-bond acceptors (Lipinski definition) is 2. The molecule has 2 nitrogen and oxygen atoms in total. The van der Waals surface area contributed by atoms with Crippen molar-refractivity contribution >= 4 is 0 Å². The molecule has 2 aromatic carbocycles. The molecule has 3 rings (SSSR count). The van der Waals surface area contributed by atoms with E-state index in [0.29, 0.717) is 11.5 Å². The van der Waals surface area contributed by atoms with E-state index in [2.05, 4.69) is 52.0 Å². The molecule has 0 bridgehead atoms. The number of aromatic hydroxyl groups is 2.